The molecule has 4 aromatic rings. The van der Waals surface area contributed by atoms with Crippen LogP contribution >= 0.6 is 0 Å². The van der Waals surface area contributed by atoms with Crippen LogP contribution in [0.3, 0.4) is 0 Å². The van der Waals surface area contributed by atoms with Crippen LogP contribution in [0.25, 0.3) is 0 Å². The van der Waals surface area contributed by atoms with Crippen molar-refractivity contribution in [2.75, 3.05) is 13.7 Å². The van der Waals surface area contributed by atoms with E-state index in [-0.39, 0.29) is 28.8 Å². The number of carboxylic acid groups (broad SMARTS) is 1. The summed E-state index contributed by atoms with van der Waals surface area (Å²) in [7, 11) is 1.31. The Bertz CT molecular complexity index is 1320. The minimum atomic E-state index is -0.986. The van der Waals surface area contributed by atoms with Gasteiger partial charge in [0.25, 0.3) is 0 Å². The van der Waals surface area contributed by atoms with E-state index in [9.17, 15) is 14.4 Å². The van der Waals surface area contributed by atoms with Crippen LogP contribution in [0, 0.1) is 0 Å². The summed E-state index contributed by atoms with van der Waals surface area (Å²) in [4.78, 5) is 32.3. The normalized spacial score (nSPS) is 9.22. The lowest BCUT2D eigenvalue weighted by molar-refractivity contribution is 0.0504. The lowest BCUT2D eigenvalue weighted by Gasteiger charge is -2.02. The van der Waals surface area contributed by atoms with Gasteiger partial charge in [-0.2, -0.15) is 0 Å². The fourth-order valence-corrected chi connectivity index (χ4v) is 2.62. The van der Waals surface area contributed by atoms with Gasteiger partial charge in [-0.15, -0.1) is 0 Å². The number of phenols is 4. The maximum atomic E-state index is 11.2. The van der Waals surface area contributed by atoms with Gasteiger partial charge < -0.3 is 35.0 Å². The Balaban J connectivity index is 0.000000279. The Hall–Kier alpha value is -5.51. The number of aromatic carboxylic acids is 1. The molecule has 4 aromatic carbocycles. The Labute approximate surface area is 237 Å². The van der Waals surface area contributed by atoms with Crippen molar-refractivity contribution in [2.24, 2.45) is 0 Å². The molecular weight excluding hydrogens is 532 g/mol. The van der Waals surface area contributed by atoms with Crippen LogP contribution in [0.15, 0.2) is 103 Å². The molecule has 0 unspecified atom stereocenters. The third-order valence-electron chi connectivity index (χ3n) is 4.70. The average Bonchev–Trinajstić information content (AvgIpc) is 2.98. The van der Waals surface area contributed by atoms with Gasteiger partial charge in [0.15, 0.2) is 0 Å². The molecule has 0 radical (unpaired) electrons. The molecule has 0 atom stereocenters. The summed E-state index contributed by atoms with van der Waals surface area (Å²) >= 11 is 0. The molecule has 0 saturated heterocycles. The second-order valence-corrected chi connectivity index (χ2v) is 7.91. The van der Waals surface area contributed by atoms with Gasteiger partial charge in [-0.1, -0.05) is 25.1 Å². The van der Waals surface area contributed by atoms with Gasteiger partial charge in [-0.05, 0) is 91.3 Å². The number of aromatic hydroxyl groups is 4. The molecule has 0 aliphatic heterocycles. The van der Waals surface area contributed by atoms with E-state index in [4.69, 9.17) is 30.3 Å². The van der Waals surface area contributed by atoms with Crippen molar-refractivity contribution in [3.05, 3.63) is 120 Å². The first-order chi connectivity index (χ1) is 19.6. The summed E-state index contributed by atoms with van der Waals surface area (Å²) in [5.41, 5.74) is 1.08. The summed E-state index contributed by atoms with van der Waals surface area (Å²) in [6.45, 7) is 2.36. The third-order valence-corrected chi connectivity index (χ3v) is 4.70. The summed E-state index contributed by atoms with van der Waals surface area (Å²) in [6.07, 6.45) is 0.809. The quantitative estimate of drug-likeness (QED) is 0.192. The molecule has 0 spiro atoms. The number of carbonyl (C=O) groups is 3. The zero-order chi connectivity index (χ0) is 30.6. The molecule has 0 saturated carbocycles. The topological polar surface area (TPSA) is 171 Å². The predicted molar refractivity (Wildman–Crippen MR) is 151 cm³/mol. The smallest absolute Gasteiger partial charge is 0.338 e. The highest BCUT2D eigenvalue weighted by Gasteiger charge is 2.05. The standard InChI is InChI=1S/C10H12O3.C8H8O3.C7H6O3.C6H6O/c1-2-7-13-10(12)8-3-5-9(11)6-4-8;1-11-8(10)6-2-4-7(9)5-3-6;8-6-3-1-5(2-4-6)7(9)10;7-6-4-2-1-3-5-6/h3-6,11H,2,7H2,1H3;2-5,9H,1H3;1-4,8H,(H,9,10);1-5,7H. The summed E-state index contributed by atoms with van der Waals surface area (Å²) in [5.74, 6) is -1.05. The molecule has 0 heterocycles. The molecule has 0 aliphatic rings. The first-order valence-corrected chi connectivity index (χ1v) is 12.2. The second kappa shape index (κ2) is 18.7. The molecule has 0 aromatic heterocycles. The van der Waals surface area contributed by atoms with Crippen molar-refractivity contribution in [1.82, 2.24) is 0 Å². The Morgan fingerprint density at radius 3 is 1.24 bits per heavy atom. The molecule has 5 N–H and O–H groups in total. The van der Waals surface area contributed by atoms with E-state index in [0.717, 1.165) is 6.42 Å². The van der Waals surface area contributed by atoms with Crippen molar-refractivity contribution in [3.63, 3.8) is 0 Å². The Kier molecular flexibility index (Phi) is 15.3. The lowest BCUT2D eigenvalue weighted by Crippen LogP contribution is -2.05. The van der Waals surface area contributed by atoms with Gasteiger partial charge in [0.1, 0.15) is 23.0 Å². The number of carboxylic acids is 1. The number of hydrogen-bond donors (Lipinski definition) is 5. The Morgan fingerprint density at radius 1 is 0.561 bits per heavy atom. The van der Waals surface area contributed by atoms with Gasteiger partial charge in [-0.3, -0.25) is 0 Å². The highest BCUT2D eigenvalue weighted by molar-refractivity contribution is 5.90. The molecule has 0 aliphatic carbocycles. The van der Waals surface area contributed by atoms with Crippen LogP contribution in [-0.4, -0.2) is 57.2 Å². The number of phenolic OH excluding ortho intramolecular Hbond substituents is 4. The van der Waals surface area contributed by atoms with E-state index >= 15 is 0 Å². The van der Waals surface area contributed by atoms with Crippen molar-refractivity contribution in [2.45, 2.75) is 13.3 Å². The zero-order valence-electron chi connectivity index (χ0n) is 22.5. The number of ether oxygens (including phenoxy) is 2. The minimum absolute atomic E-state index is 0.0741. The van der Waals surface area contributed by atoms with Gasteiger partial charge in [-0.25, -0.2) is 14.4 Å². The average molecular weight is 565 g/mol. The molecular formula is C31H32O10. The molecule has 10 nitrogen and oxygen atoms in total. The monoisotopic (exact) mass is 564 g/mol. The van der Waals surface area contributed by atoms with Crippen LogP contribution in [-0.2, 0) is 9.47 Å². The number of rotatable bonds is 5. The minimum Gasteiger partial charge on any atom is -0.508 e. The molecule has 10 heteroatoms. The largest absolute Gasteiger partial charge is 0.508 e. The van der Waals surface area contributed by atoms with Gasteiger partial charge >= 0.3 is 17.9 Å². The van der Waals surface area contributed by atoms with E-state index < -0.39 is 11.9 Å². The van der Waals surface area contributed by atoms with Crippen LogP contribution in [0.2, 0.25) is 0 Å². The van der Waals surface area contributed by atoms with E-state index in [2.05, 4.69) is 4.74 Å². The van der Waals surface area contributed by atoms with Crippen molar-refractivity contribution in [3.8, 4) is 23.0 Å². The number of para-hydroxylation sites is 1. The molecule has 0 amide bonds. The van der Waals surface area contributed by atoms with Crippen LogP contribution < -0.4 is 0 Å². The Morgan fingerprint density at radius 2 is 0.927 bits per heavy atom. The van der Waals surface area contributed by atoms with E-state index in [1.807, 2.05) is 13.0 Å². The highest BCUT2D eigenvalue weighted by Crippen LogP contribution is 2.11. The first kappa shape index (κ1) is 33.5. The first-order valence-electron chi connectivity index (χ1n) is 12.2. The summed E-state index contributed by atoms with van der Waals surface area (Å²) in [6, 6.07) is 25.9. The molecule has 4 rings (SSSR count). The van der Waals surface area contributed by atoms with Gasteiger partial charge in [0, 0.05) is 0 Å². The van der Waals surface area contributed by atoms with E-state index in [1.54, 1.807) is 24.3 Å². The number of hydrogen-bond acceptors (Lipinski definition) is 9. The summed E-state index contributed by atoms with van der Waals surface area (Å²) in [5, 5.41) is 43.6. The lowest BCUT2D eigenvalue weighted by atomic mass is 10.2. The fourth-order valence-electron chi connectivity index (χ4n) is 2.62. The number of benzene rings is 4. The van der Waals surface area contributed by atoms with Crippen LogP contribution in [0.1, 0.15) is 44.4 Å². The molecule has 41 heavy (non-hydrogen) atoms. The maximum absolute atomic E-state index is 11.2. The van der Waals surface area contributed by atoms with Crippen molar-refractivity contribution < 1.29 is 49.4 Å². The molecule has 216 valence electrons. The van der Waals surface area contributed by atoms with E-state index in [1.165, 1.54) is 79.9 Å². The maximum Gasteiger partial charge on any atom is 0.338 e. The van der Waals surface area contributed by atoms with Crippen molar-refractivity contribution >= 4 is 17.9 Å². The predicted octanol–water partition coefficient (Wildman–Crippen LogP) is 5.62. The number of esters is 2. The number of carbonyl (C=O) groups excluding carboxylic acids is 2. The van der Waals surface area contributed by atoms with Crippen LogP contribution in [0.4, 0.5) is 0 Å². The highest BCUT2D eigenvalue weighted by atomic mass is 16.5. The molecule has 0 bridgehead atoms. The van der Waals surface area contributed by atoms with Crippen molar-refractivity contribution in [1.29, 1.82) is 0 Å². The SMILES string of the molecule is CCCOC(=O)c1ccc(O)cc1.COC(=O)c1ccc(O)cc1.O=C(O)c1ccc(O)cc1.Oc1ccccc1. The van der Waals surface area contributed by atoms with Crippen LogP contribution in [0.5, 0.6) is 23.0 Å². The number of methoxy groups -OCH3 is 1. The molecule has 0 fully saturated rings. The van der Waals surface area contributed by atoms with Gasteiger partial charge in [0.05, 0.1) is 30.4 Å². The summed E-state index contributed by atoms with van der Waals surface area (Å²) < 4.78 is 9.35. The fraction of sp³-hybridized carbons (Fsp3) is 0.129. The third kappa shape index (κ3) is 14.3. The van der Waals surface area contributed by atoms with Gasteiger partial charge in [0.2, 0.25) is 0 Å². The zero-order valence-corrected chi connectivity index (χ0v) is 22.5. The van der Waals surface area contributed by atoms with E-state index in [0.29, 0.717) is 23.5 Å². The second-order valence-electron chi connectivity index (χ2n) is 7.91.